The maximum absolute atomic E-state index is 12.8. The summed E-state index contributed by atoms with van der Waals surface area (Å²) in [5.41, 5.74) is 0. The van der Waals surface area contributed by atoms with E-state index in [0.717, 1.165) is 116 Å². The topological polar surface area (TPSA) is 61.8 Å². The van der Waals surface area contributed by atoms with Crippen LogP contribution in [-0.4, -0.2) is 37.9 Å². The first-order chi connectivity index (χ1) is 31.6. The Morgan fingerprint density at radius 1 is 0.359 bits per heavy atom. The molecule has 0 saturated carbocycles. The molecule has 0 bridgehead atoms. The van der Waals surface area contributed by atoms with Crippen LogP contribution in [0.1, 0.15) is 226 Å². The molecule has 364 valence electrons. The van der Waals surface area contributed by atoms with Gasteiger partial charge in [0.2, 0.25) is 0 Å². The fourth-order valence-corrected chi connectivity index (χ4v) is 6.91. The lowest BCUT2D eigenvalue weighted by Crippen LogP contribution is -2.30. The molecule has 1 atom stereocenters. The Labute approximate surface area is 395 Å². The molecule has 0 fully saturated rings. The second-order valence-electron chi connectivity index (χ2n) is 17.0. The maximum Gasteiger partial charge on any atom is 0.306 e. The van der Waals surface area contributed by atoms with E-state index in [1.54, 1.807) is 0 Å². The Hall–Kier alpha value is -3.44. The van der Waals surface area contributed by atoms with Gasteiger partial charge in [-0.25, -0.2) is 0 Å². The van der Waals surface area contributed by atoms with Gasteiger partial charge in [-0.1, -0.05) is 207 Å². The molecule has 0 aliphatic heterocycles. The number of hydrogen-bond acceptors (Lipinski definition) is 5. The predicted octanol–water partition coefficient (Wildman–Crippen LogP) is 18.0. The third kappa shape index (κ3) is 51.2. The molecule has 0 heterocycles. The van der Waals surface area contributed by atoms with Crippen LogP contribution in [0.2, 0.25) is 0 Å². The van der Waals surface area contributed by atoms with Gasteiger partial charge >= 0.3 is 11.9 Å². The van der Waals surface area contributed by atoms with Crippen molar-refractivity contribution < 1.29 is 23.8 Å². The van der Waals surface area contributed by atoms with Crippen molar-refractivity contribution in [3.05, 3.63) is 109 Å². The summed E-state index contributed by atoms with van der Waals surface area (Å²) in [5, 5.41) is 0. The van der Waals surface area contributed by atoms with Crippen LogP contribution in [0, 0.1) is 0 Å². The fraction of sp³-hybridized carbons (Fsp3) is 0.661. The number of ether oxygens (including phenoxy) is 3. The van der Waals surface area contributed by atoms with Gasteiger partial charge in [-0.3, -0.25) is 9.59 Å². The molecule has 0 radical (unpaired) electrons. The van der Waals surface area contributed by atoms with E-state index in [1.807, 2.05) is 0 Å². The van der Waals surface area contributed by atoms with Crippen LogP contribution >= 0.6 is 0 Å². The van der Waals surface area contributed by atoms with Crippen LogP contribution in [0.15, 0.2) is 109 Å². The number of esters is 2. The molecule has 1 unspecified atom stereocenters. The van der Waals surface area contributed by atoms with Crippen molar-refractivity contribution in [2.45, 2.75) is 232 Å². The van der Waals surface area contributed by atoms with Gasteiger partial charge in [0.1, 0.15) is 6.61 Å². The predicted molar refractivity (Wildman–Crippen MR) is 279 cm³/mol. The van der Waals surface area contributed by atoms with Crippen LogP contribution in [-0.2, 0) is 23.8 Å². The Morgan fingerprint density at radius 2 is 0.703 bits per heavy atom. The first-order valence-electron chi connectivity index (χ1n) is 26.4. The quantitative estimate of drug-likeness (QED) is 0.0346. The summed E-state index contributed by atoms with van der Waals surface area (Å²) in [5.74, 6) is -0.457. The molecule has 5 nitrogen and oxygen atoms in total. The zero-order chi connectivity index (χ0) is 46.3. The largest absolute Gasteiger partial charge is 0.462 e. The second kappa shape index (κ2) is 53.9. The minimum Gasteiger partial charge on any atom is -0.462 e. The molecule has 0 rings (SSSR count). The number of allylic oxidation sites excluding steroid dienone is 18. The average Bonchev–Trinajstić information content (AvgIpc) is 3.30. The summed E-state index contributed by atoms with van der Waals surface area (Å²) < 4.78 is 17.3. The summed E-state index contributed by atoms with van der Waals surface area (Å²) in [6, 6.07) is 0. The number of hydrogen-bond donors (Lipinski definition) is 0. The molecule has 64 heavy (non-hydrogen) atoms. The maximum atomic E-state index is 12.8. The zero-order valence-corrected chi connectivity index (χ0v) is 41.8. The molecule has 0 amide bonds. The zero-order valence-electron chi connectivity index (χ0n) is 41.8. The standard InChI is InChI=1S/C59H98O5/c1-4-7-10-13-16-19-22-25-28-29-30-31-33-34-37-40-43-46-49-52-58(60)63-56-57(55-62-54-51-48-45-42-39-36-27-24-21-18-15-12-9-6-3)64-59(61)53-50-47-44-41-38-35-32-26-23-20-17-14-11-8-5-2/h7,9-10,12,16,18-19,21,25-28,30-32,36,42,45,57H,4-6,8,11,13-15,17,20,22-24,29,33-35,37-41,43-44,46-56H2,1-3H3/b10-7-,12-9-,19-16-,21-18-,28-25-,31-30-,32-26-,36-27-,45-42-. The highest BCUT2D eigenvalue weighted by molar-refractivity contribution is 5.70. The summed E-state index contributed by atoms with van der Waals surface area (Å²) in [4.78, 5) is 25.4. The lowest BCUT2D eigenvalue weighted by Gasteiger charge is -2.18. The van der Waals surface area contributed by atoms with Crippen LogP contribution < -0.4 is 0 Å². The van der Waals surface area contributed by atoms with Crippen LogP contribution in [0.5, 0.6) is 0 Å². The second-order valence-corrected chi connectivity index (χ2v) is 17.0. The van der Waals surface area contributed by atoms with E-state index in [1.165, 1.54) is 77.0 Å². The lowest BCUT2D eigenvalue weighted by molar-refractivity contribution is -0.163. The SMILES string of the molecule is CC/C=C\C/C=C\C/C=C\C/C=C\CCCCCCCCC(=O)OCC(COCCC/C=C\C/C=C\C/C=C\C/C=C\CC)OC(=O)CCCCCCC/C=C\CCCCCCCC. The molecule has 0 aromatic carbocycles. The fourth-order valence-electron chi connectivity index (χ4n) is 6.91. The highest BCUT2D eigenvalue weighted by Crippen LogP contribution is 2.13. The Bertz CT molecular complexity index is 1280. The van der Waals surface area contributed by atoms with Crippen LogP contribution in [0.25, 0.3) is 0 Å². The lowest BCUT2D eigenvalue weighted by atomic mass is 10.1. The van der Waals surface area contributed by atoms with Gasteiger partial charge in [-0.2, -0.15) is 0 Å². The van der Waals surface area contributed by atoms with Gasteiger partial charge in [-0.15, -0.1) is 0 Å². The smallest absolute Gasteiger partial charge is 0.306 e. The van der Waals surface area contributed by atoms with E-state index in [2.05, 4.69) is 130 Å². The molecule has 0 aromatic rings. The summed E-state index contributed by atoms with van der Waals surface area (Å²) in [6.07, 6.45) is 73.9. The first-order valence-corrected chi connectivity index (χ1v) is 26.4. The van der Waals surface area contributed by atoms with E-state index in [9.17, 15) is 9.59 Å². The molecule has 0 aliphatic rings. The van der Waals surface area contributed by atoms with Gasteiger partial charge in [0.15, 0.2) is 6.10 Å². The Kier molecular flexibility index (Phi) is 51.0. The van der Waals surface area contributed by atoms with Crippen molar-refractivity contribution >= 4 is 11.9 Å². The Balaban J connectivity index is 4.38. The van der Waals surface area contributed by atoms with Crippen molar-refractivity contribution in [1.29, 1.82) is 0 Å². The third-order valence-electron chi connectivity index (χ3n) is 10.8. The van der Waals surface area contributed by atoms with Crippen LogP contribution in [0.3, 0.4) is 0 Å². The molecule has 0 saturated heterocycles. The van der Waals surface area contributed by atoms with E-state index in [4.69, 9.17) is 14.2 Å². The van der Waals surface area contributed by atoms with Gasteiger partial charge < -0.3 is 14.2 Å². The number of carbonyl (C=O) groups is 2. The van der Waals surface area contributed by atoms with Gasteiger partial charge in [0, 0.05) is 19.4 Å². The first kappa shape index (κ1) is 60.6. The van der Waals surface area contributed by atoms with Gasteiger partial charge in [0.05, 0.1) is 6.61 Å². The molecular weight excluding hydrogens is 789 g/mol. The van der Waals surface area contributed by atoms with Crippen molar-refractivity contribution in [2.75, 3.05) is 19.8 Å². The van der Waals surface area contributed by atoms with Crippen LogP contribution in [0.4, 0.5) is 0 Å². The van der Waals surface area contributed by atoms with E-state index < -0.39 is 6.10 Å². The van der Waals surface area contributed by atoms with E-state index in [0.29, 0.717) is 19.4 Å². The monoisotopic (exact) mass is 887 g/mol. The number of rotatable bonds is 47. The normalized spacial score (nSPS) is 13.1. The van der Waals surface area contributed by atoms with E-state index >= 15 is 0 Å². The molecule has 0 spiro atoms. The van der Waals surface area contributed by atoms with Crippen molar-refractivity contribution in [1.82, 2.24) is 0 Å². The molecule has 0 aliphatic carbocycles. The summed E-state index contributed by atoms with van der Waals surface area (Å²) in [6.45, 7) is 7.43. The van der Waals surface area contributed by atoms with Crippen molar-refractivity contribution in [3.8, 4) is 0 Å². The third-order valence-corrected chi connectivity index (χ3v) is 10.8. The Morgan fingerprint density at radius 3 is 1.14 bits per heavy atom. The highest BCUT2D eigenvalue weighted by Gasteiger charge is 2.17. The number of carbonyl (C=O) groups excluding carboxylic acids is 2. The molecule has 0 N–H and O–H groups in total. The minimum absolute atomic E-state index is 0.0467. The van der Waals surface area contributed by atoms with Crippen molar-refractivity contribution in [3.63, 3.8) is 0 Å². The van der Waals surface area contributed by atoms with Gasteiger partial charge in [-0.05, 0) is 116 Å². The van der Waals surface area contributed by atoms with Gasteiger partial charge in [0.25, 0.3) is 0 Å². The van der Waals surface area contributed by atoms with E-state index in [-0.39, 0.29) is 25.2 Å². The molecule has 0 aromatic heterocycles. The van der Waals surface area contributed by atoms with Crippen molar-refractivity contribution in [2.24, 2.45) is 0 Å². The average molecular weight is 887 g/mol. The molecule has 5 heteroatoms. The summed E-state index contributed by atoms with van der Waals surface area (Å²) in [7, 11) is 0. The molecular formula is C59H98O5. The minimum atomic E-state index is -0.581. The number of unbranched alkanes of at least 4 members (excludes halogenated alkanes) is 18. The summed E-state index contributed by atoms with van der Waals surface area (Å²) >= 11 is 0. The highest BCUT2D eigenvalue weighted by atomic mass is 16.6.